The van der Waals surface area contributed by atoms with Crippen LogP contribution in [0, 0.1) is 11.3 Å². The molecule has 3 aliphatic rings. The van der Waals surface area contributed by atoms with Crippen LogP contribution in [-0.4, -0.2) is 40.8 Å². The Morgan fingerprint density at radius 3 is 2.68 bits per heavy atom. The number of allylic oxidation sites excluding steroid dienone is 2. The summed E-state index contributed by atoms with van der Waals surface area (Å²) in [5, 5.41) is 23.0. The van der Waals surface area contributed by atoms with E-state index >= 15 is 0 Å². The number of nitrogens with one attached hydrogen (secondary N) is 1. The van der Waals surface area contributed by atoms with Crippen molar-refractivity contribution < 1.29 is 9.90 Å². The Labute approximate surface area is 167 Å². The molecule has 0 spiro atoms. The minimum Gasteiger partial charge on any atom is -0.394 e. The smallest absolute Gasteiger partial charge is 0.319 e. The van der Waals surface area contributed by atoms with Crippen LogP contribution in [-0.2, 0) is 0 Å². The lowest BCUT2D eigenvalue weighted by Gasteiger charge is -2.52. The normalized spacial score (nSPS) is 27.6. The fourth-order valence-corrected chi connectivity index (χ4v) is 5.15. The molecule has 0 bridgehead atoms. The van der Waals surface area contributed by atoms with Gasteiger partial charge in [0.15, 0.2) is 0 Å². The van der Waals surface area contributed by atoms with E-state index in [1.165, 1.54) is 17.6 Å². The molecule has 1 saturated heterocycles. The van der Waals surface area contributed by atoms with E-state index in [0.717, 1.165) is 50.5 Å². The third-order valence-corrected chi connectivity index (χ3v) is 6.61. The summed E-state index contributed by atoms with van der Waals surface area (Å²) in [7, 11) is 0. The number of hydrogen-bond acceptors (Lipinski definition) is 3. The van der Waals surface area contributed by atoms with Crippen molar-refractivity contribution in [3.8, 4) is 6.07 Å². The molecule has 2 aliphatic carbocycles. The Bertz CT molecular complexity index is 791. The maximum Gasteiger partial charge on any atom is 0.319 e. The van der Waals surface area contributed by atoms with Crippen molar-refractivity contribution in [2.45, 2.75) is 75.4 Å². The minimum absolute atomic E-state index is 0.131. The summed E-state index contributed by atoms with van der Waals surface area (Å²) in [6.45, 7) is -0.131. The maximum absolute atomic E-state index is 12.9. The predicted octanol–water partition coefficient (Wildman–Crippen LogP) is 3.95. The molecule has 2 fully saturated rings. The first-order valence-electron chi connectivity index (χ1n) is 10.6. The van der Waals surface area contributed by atoms with Crippen LogP contribution in [0.2, 0.25) is 0 Å². The van der Waals surface area contributed by atoms with Crippen LogP contribution in [0.1, 0.15) is 68.4 Å². The van der Waals surface area contributed by atoms with Crippen molar-refractivity contribution in [3.63, 3.8) is 0 Å². The van der Waals surface area contributed by atoms with Crippen LogP contribution < -0.4 is 5.32 Å². The van der Waals surface area contributed by atoms with Gasteiger partial charge in [0, 0.05) is 12.0 Å². The third-order valence-electron chi connectivity index (χ3n) is 6.61. The van der Waals surface area contributed by atoms with Crippen LogP contribution in [0.3, 0.4) is 0 Å². The van der Waals surface area contributed by atoms with E-state index in [9.17, 15) is 15.2 Å². The third kappa shape index (κ3) is 3.42. The van der Waals surface area contributed by atoms with Gasteiger partial charge in [0.2, 0.25) is 0 Å². The van der Waals surface area contributed by atoms with Crippen molar-refractivity contribution in [1.29, 1.82) is 5.26 Å². The quantitative estimate of drug-likeness (QED) is 0.832. The zero-order chi connectivity index (χ0) is 19.5. The standard InChI is InChI=1S/C23H29N3O2/c24-14-20-22(19-13-7-6-12-18(19)16-8-4-5-9-16)21(15-27)26(20)23(28)25-17-10-2-1-3-11-17/h6-8,12-13,17,20-22,27H,1-5,9-11,15H2,(H,25,28)/t20-,21-,22+/m1/s1. The van der Waals surface area contributed by atoms with Gasteiger partial charge < -0.3 is 15.3 Å². The Hall–Kier alpha value is -2.32. The second kappa shape index (κ2) is 8.36. The van der Waals surface area contributed by atoms with Crippen molar-refractivity contribution in [2.24, 2.45) is 0 Å². The first-order valence-corrected chi connectivity index (χ1v) is 10.6. The number of carbonyl (C=O) groups excluding carboxylic acids is 1. The van der Waals surface area contributed by atoms with Crippen LogP contribution in [0.5, 0.6) is 0 Å². The monoisotopic (exact) mass is 379 g/mol. The van der Waals surface area contributed by atoms with Crippen LogP contribution >= 0.6 is 0 Å². The molecule has 0 unspecified atom stereocenters. The summed E-state index contributed by atoms with van der Waals surface area (Å²) < 4.78 is 0. The van der Waals surface area contributed by atoms with Crippen molar-refractivity contribution in [3.05, 3.63) is 41.5 Å². The molecule has 5 nitrogen and oxygen atoms in total. The van der Waals surface area contributed by atoms with Gasteiger partial charge in [-0.05, 0) is 48.8 Å². The van der Waals surface area contributed by atoms with E-state index in [-0.39, 0.29) is 30.6 Å². The number of carbonyl (C=O) groups is 1. The van der Waals surface area contributed by atoms with Crippen molar-refractivity contribution in [2.75, 3.05) is 6.61 Å². The van der Waals surface area contributed by atoms with Gasteiger partial charge in [-0.2, -0.15) is 5.26 Å². The van der Waals surface area contributed by atoms with Gasteiger partial charge in [-0.3, -0.25) is 0 Å². The summed E-state index contributed by atoms with van der Waals surface area (Å²) in [6.07, 6.45) is 11.1. The zero-order valence-corrected chi connectivity index (χ0v) is 16.3. The van der Waals surface area contributed by atoms with Crippen LogP contribution in [0.25, 0.3) is 5.57 Å². The number of hydrogen-bond donors (Lipinski definition) is 2. The molecule has 2 N–H and O–H groups in total. The topological polar surface area (TPSA) is 76.4 Å². The Balaban J connectivity index is 1.56. The summed E-state index contributed by atoms with van der Waals surface area (Å²) >= 11 is 0. The Kier molecular flexibility index (Phi) is 5.68. The van der Waals surface area contributed by atoms with Gasteiger partial charge in [-0.25, -0.2) is 4.79 Å². The molecular formula is C23H29N3O2. The lowest BCUT2D eigenvalue weighted by atomic mass is 9.73. The number of aliphatic hydroxyl groups excluding tert-OH is 1. The number of urea groups is 1. The Morgan fingerprint density at radius 2 is 2.00 bits per heavy atom. The van der Waals surface area contributed by atoms with Gasteiger partial charge in [-0.15, -0.1) is 0 Å². The van der Waals surface area contributed by atoms with Crippen molar-refractivity contribution in [1.82, 2.24) is 10.2 Å². The number of nitriles is 1. The maximum atomic E-state index is 12.9. The highest BCUT2D eigenvalue weighted by Gasteiger charge is 2.52. The van der Waals surface area contributed by atoms with E-state index in [1.54, 1.807) is 4.90 Å². The van der Waals surface area contributed by atoms with E-state index < -0.39 is 6.04 Å². The number of nitrogens with zero attached hydrogens (tertiary/aromatic N) is 2. The highest BCUT2D eigenvalue weighted by Crippen LogP contribution is 2.44. The summed E-state index contributed by atoms with van der Waals surface area (Å²) in [4.78, 5) is 14.5. The van der Waals surface area contributed by atoms with E-state index in [2.05, 4.69) is 29.6 Å². The van der Waals surface area contributed by atoms with Crippen molar-refractivity contribution >= 4 is 11.6 Å². The van der Waals surface area contributed by atoms with Crippen LogP contribution in [0.4, 0.5) is 4.79 Å². The first-order chi connectivity index (χ1) is 13.7. The fraction of sp³-hybridized carbons (Fsp3) is 0.565. The molecule has 1 heterocycles. The van der Waals surface area contributed by atoms with Gasteiger partial charge in [0.25, 0.3) is 0 Å². The van der Waals surface area contributed by atoms with E-state index in [0.29, 0.717) is 0 Å². The second-order valence-electron chi connectivity index (χ2n) is 8.25. The van der Waals surface area contributed by atoms with Gasteiger partial charge >= 0.3 is 6.03 Å². The molecule has 4 rings (SSSR count). The number of amides is 2. The zero-order valence-electron chi connectivity index (χ0n) is 16.3. The second-order valence-corrected chi connectivity index (χ2v) is 8.25. The summed E-state index contributed by atoms with van der Waals surface area (Å²) in [6, 6.07) is 9.62. The Morgan fingerprint density at radius 1 is 1.21 bits per heavy atom. The molecule has 1 aliphatic heterocycles. The van der Waals surface area contributed by atoms with E-state index in [4.69, 9.17) is 0 Å². The molecule has 0 aromatic heterocycles. The molecule has 2 amide bonds. The molecule has 3 atom stereocenters. The minimum atomic E-state index is -0.538. The molecule has 1 aromatic carbocycles. The number of aliphatic hydroxyl groups is 1. The lowest BCUT2D eigenvalue weighted by Crippen LogP contribution is -2.68. The fourth-order valence-electron chi connectivity index (χ4n) is 5.15. The largest absolute Gasteiger partial charge is 0.394 e. The highest BCUT2D eigenvalue weighted by molar-refractivity contribution is 5.78. The van der Waals surface area contributed by atoms with E-state index in [1.807, 2.05) is 12.1 Å². The number of rotatable bonds is 4. The molecular weight excluding hydrogens is 350 g/mol. The summed E-state index contributed by atoms with van der Waals surface area (Å²) in [5.41, 5.74) is 3.59. The van der Waals surface area contributed by atoms with Crippen LogP contribution in [0.15, 0.2) is 30.3 Å². The average molecular weight is 380 g/mol. The molecule has 148 valence electrons. The molecule has 5 heteroatoms. The van der Waals surface area contributed by atoms with Gasteiger partial charge in [0.05, 0.1) is 18.7 Å². The number of benzene rings is 1. The number of likely N-dealkylation sites (tertiary alicyclic amines) is 1. The predicted molar refractivity (Wildman–Crippen MR) is 109 cm³/mol. The SMILES string of the molecule is N#C[C@@H]1[C@H](c2ccccc2C2=CCCC2)[C@@H](CO)N1C(=O)NC1CCCCC1. The molecule has 0 radical (unpaired) electrons. The lowest BCUT2D eigenvalue weighted by molar-refractivity contribution is 0.0152. The van der Waals surface area contributed by atoms with Gasteiger partial charge in [0.1, 0.15) is 6.04 Å². The molecule has 28 heavy (non-hydrogen) atoms. The average Bonchev–Trinajstić information content (AvgIpc) is 3.24. The molecule has 1 saturated carbocycles. The molecule has 1 aromatic rings. The highest BCUT2D eigenvalue weighted by atomic mass is 16.3. The van der Waals surface area contributed by atoms with Gasteiger partial charge in [-0.1, -0.05) is 49.6 Å². The summed E-state index contributed by atoms with van der Waals surface area (Å²) in [5.74, 6) is -0.148. The first kappa shape index (κ1) is 19.0.